The number of hydrogen-bond donors (Lipinski definition) is 2. The van der Waals surface area contributed by atoms with Crippen LogP contribution in [-0.2, 0) is 22.6 Å². The van der Waals surface area contributed by atoms with Crippen molar-refractivity contribution in [3.63, 3.8) is 0 Å². The molecule has 1 aromatic rings. The molecule has 1 aromatic carbocycles. The zero-order valence-corrected chi connectivity index (χ0v) is 20.7. The Kier molecular flexibility index (Phi) is 10.4. The first kappa shape index (κ1) is 24.9. The molecule has 7 heteroatoms. The molecule has 0 radical (unpaired) electrons. The molecule has 6 nitrogen and oxygen atoms in total. The van der Waals surface area contributed by atoms with Gasteiger partial charge in [-0.3, -0.25) is 9.79 Å². The zero-order chi connectivity index (χ0) is 20.5. The van der Waals surface area contributed by atoms with Crippen molar-refractivity contribution in [3.05, 3.63) is 35.4 Å². The van der Waals surface area contributed by atoms with Crippen LogP contribution < -0.4 is 10.6 Å². The first-order chi connectivity index (χ1) is 14.2. The number of benzene rings is 1. The van der Waals surface area contributed by atoms with Crippen LogP contribution in [0.1, 0.15) is 56.6 Å². The maximum atomic E-state index is 12.5. The van der Waals surface area contributed by atoms with Crippen LogP contribution in [0, 0.1) is 5.41 Å². The molecule has 1 aliphatic heterocycles. The second kappa shape index (κ2) is 12.5. The fourth-order valence-corrected chi connectivity index (χ4v) is 4.19. The smallest absolute Gasteiger partial charge is 0.223 e. The first-order valence-electron chi connectivity index (χ1n) is 11.0. The van der Waals surface area contributed by atoms with Crippen LogP contribution in [0.5, 0.6) is 0 Å². The number of methoxy groups -OCH3 is 1. The third kappa shape index (κ3) is 6.83. The van der Waals surface area contributed by atoms with Crippen molar-refractivity contribution in [1.29, 1.82) is 0 Å². The zero-order valence-electron chi connectivity index (χ0n) is 18.4. The Labute approximate surface area is 198 Å². The monoisotopic (exact) mass is 528 g/mol. The van der Waals surface area contributed by atoms with E-state index in [1.165, 1.54) is 30.4 Å². The highest BCUT2D eigenvalue weighted by molar-refractivity contribution is 14.0. The van der Waals surface area contributed by atoms with E-state index in [0.717, 1.165) is 58.1 Å². The highest BCUT2D eigenvalue weighted by Gasteiger charge is 2.36. The van der Waals surface area contributed by atoms with Crippen molar-refractivity contribution < 1.29 is 9.53 Å². The van der Waals surface area contributed by atoms with Crippen LogP contribution in [0.15, 0.2) is 29.3 Å². The SMILES string of the molecule is CCNC(=NCC1(CCOC)CCC1)NCCCC(=O)N1Cc2ccccc2C1.I. The molecule has 168 valence electrons. The van der Waals surface area contributed by atoms with Gasteiger partial charge in [0.2, 0.25) is 5.91 Å². The summed E-state index contributed by atoms with van der Waals surface area (Å²) in [7, 11) is 1.77. The Balaban J connectivity index is 0.00000320. The van der Waals surface area contributed by atoms with Crippen molar-refractivity contribution in [3.8, 4) is 0 Å². The fourth-order valence-electron chi connectivity index (χ4n) is 4.19. The molecule has 0 aromatic heterocycles. The van der Waals surface area contributed by atoms with E-state index in [-0.39, 0.29) is 29.9 Å². The summed E-state index contributed by atoms with van der Waals surface area (Å²) in [6, 6.07) is 8.32. The lowest BCUT2D eigenvalue weighted by Crippen LogP contribution is -2.40. The number of halogens is 1. The number of hydrogen-bond acceptors (Lipinski definition) is 3. The summed E-state index contributed by atoms with van der Waals surface area (Å²) in [5.74, 6) is 1.09. The molecular formula is C23H37IN4O2. The van der Waals surface area contributed by atoms with E-state index >= 15 is 0 Å². The highest BCUT2D eigenvalue weighted by atomic mass is 127. The first-order valence-corrected chi connectivity index (χ1v) is 11.0. The van der Waals surface area contributed by atoms with Crippen LogP contribution in [0.25, 0.3) is 0 Å². The van der Waals surface area contributed by atoms with Crippen molar-refractivity contribution in [2.24, 2.45) is 10.4 Å². The number of fused-ring (bicyclic) bond motifs is 1. The number of nitrogens with zero attached hydrogens (tertiary/aromatic N) is 2. The van der Waals surface area contributed by atoms with Crippen LogP contribution in [0.3, 0.4) is 0 Å². The van der Waals surface area contributed by atoms with Gasteiger partial charge < -0.3 is 20.3 Å². The van der Waals surface area contributed by atoms with Crippen LogP contribution in [-0.4, -0.2) is 50.1 Å². The van der Waals surface area contributed by atoms with Crippen molar-refractivity contribution in [2.75, 3.05) is 33.4 Å². The number of ether oxygens (including phenoxy) is 1. The van der Waals surface area contributed by atoms with Crippen LogP contribution in [0.4, 0.5) is 0 Å². The summed E-state index contributed by atoms with van der Waals surface area (Å²) in [5, 5.41) is 6.72. The molecule has 0 atom stereocenters. The number of carbonyl (C=O) groups excluding carboxylic acids is 1. The number of guanidine groups is 1. The number of nitrogens with one attached hydrogen (secondary N) is 2. The molecule has 0 saturated heterocycles. The minimum Gasteiger partial charge on any atom is -0.385 e. The van der Waals surface area contributed by atoms with Crippen LogP contribution >= 0.6 is 24.0 Å². The Hall–Kier alpha value is -1.35. The Morgan fingerprint density at radius 1 is 1.20 bits per heavy atom. The fraction of sp³-hybridized carbons (Fsp3) is 0.652. The molecule has 1 saturated carbocycles. The van der Waals surface area contributed by atoms with Crippen molar-refractivity contribution in [1.82, 2.24) is 15.5 Å². The van der Waals surface area contributed by atoms with Gasteiger partial charge in [0.1, 0.15) is 0 Å². The molecule has 1 amide bonds. The topological polar surface area (TPSA) is 66.0 Å². The second-order valence-electron chi connectivity index (χ2n) is 8.34. The maximum Gasteiger partial charge on any atom is 0.223 e. The molecule has 1 aliphatic carbocycles. The number of carbonyl (C=O) groups is 1. The number of aliphatic imine (C=N–C) groups is 1. The van der Waals surface area contributed by atoms with Gasteiger partial charge in [-0.15, -0.1) is 24.0 Å². The molecule has 1 fully saturated rings. The van der Waals surface area contributed by atoms with Gasteiger partial charge in [0.15, 0.2) is 5.96 Å². The van der Waals surface area contributed by atoms with Crippen LogP contribution in [0.2, 0.25) is 0 Å². The Bertz CT molecular complexity index is 681. The maximum absolute atomic E-state index is 12.5. The third-order valence-electron chi connectivity index (χ3n) is 6.22. The van der Waals surface area contributed by atoms with E-state index in [1.54, 1.807) is 7.11 Å². The van der Waals surface area contributed by atoms with Gasteiger partial charge in [-0.25, -0.2) is 0 Å². The largest absolute Gasteiger partial charge is 0.385 e. The Morgan fingerprint density at radius 3 is 2.47 bits per heavy atom. The van der Waals surface area contributed by atoms with E-state index in [9.17, 15) is 4.79 Å². The standard InChI is InChI=1S/C23H36N4O2.HI/c1-3-24-22(26-18-23(11-7-12-23)13-15-29-2)25-14-6-10-21(28)27-16-19-8-4-5-9-20(19)17-27;/h4-5,8-9H,3,6-7,10-18H2,1-2H3,(H2,24,25,26);1H. The van der Waals surface area contributed by atoms with Crippen molar-refractivity contribution >= 4 is 35.8 Å². The summed E-state index contributed by atoms with van der Waals surface area (Å²) >= 11 is 0. The van der Waals surface area contributed by atoms with Gasteiger partial charge in [0.05, 0.1) is 0 Å². The lowest BCUT2D eigenvalue weighted by Gasteiger charge is -2.40. The van der Waals surface area contributed by atoms with Gasteiger partial charge in [0.25, 0.3) is 0 Å². The van der Waals surface area contributed by atoms with Gasteiger partial charge in [-0.2, -0.15) is 0 Å². The summed E-state index contributed by atoms with van der Waals surface area (Å²) in [6.07, 6.45) is 6.24. The van der Waals surface area contributed by atoms with Gasteiger partial charge in [0, 0.05) is 52.9 Å². The third-order valence-corrected chi connectivity index (χ3v) is 6.22. The molecule has 2 aliphatic rings. The normalized spacial score (nSPS) is 17.0. The van der Waals surface area contributed by atoms with E-state index in [4.69, 9.17) is 9.73 Å². The van der Waals surface area contributed by atoms with E-state index < -0.39 is 0 Å². The molecule has 30 heavy (non-hydrogen) atoms. The molecule has 2 N–H and O–H groups in total. The number of amides is 1. The van der Waals surface area contributed by atoms with Crippen molar-refractivity contribution in [2.45, 2.75) is 58.5 Å². The van der Waals surface area contributed by atoms with E-state index in [2.05, 4.69) is 29.7 Å². The molecule has 1 heterocycles. The van der Waals surface area contributed by atoms with E-state index in [0.29, 0.717) is 11.8 Å². The Morgan fingerprint density at radius 2 is 1.90 bits per heavy atom. The van der Waals surface area contributed by atoms with Gasteiger partial charge in [-0.05, 0) is 49.1 Å². The molecule has 0 bridgehead atoms. The quantitative estimate of drug-likeness (QED) is 0.211. The van der Waals surface area contributed by atoms with E-state index in [1.807, 2.05) is 17.0 Å². The minimum absolute atomic E-state index is 0. The molecule has 0 spiro atoms. The number of rotatable bonds is 10. The lowest BCUT2D eigenvalue weighted by atomic mass is 9.67. The van der Waals surface area contributed by atoms with Gasteiger partial charge in [-0.1, -0.05) is 30.7 Å². The molecule has 0 unspecified atom stereocenters. The average molecular weight is 528 g/mol. The van der Waals surface area contributed by atoms with Gasteiger partial charge >= 0.3 is 0 Å². The summed E-state index contributed by atoms with van der Waals surface area (Å²) < 4.78 is 5.28. The molecule has 3 rings (SSSR count). The second-order valence-corrected chi connectivity index (χ2v) is 8.34. The molecular weight excluding hydrogens is 491 g/mol. The summed E-state index contributed by atoms with van der Waals surface area (Å²) in [5.41, 5.74) is 2.87. The minimum atomic E-state index is 0. The summed E-state index contributed by atoms with van der Waals surface area (Å²) in [6.45, 7) is 6.81. The average Bonchev–Trinajstić information content (AvgIpc) is 3.14. The highest BCUT2D eigenvalue weighted by Crippen LogP contribution is 2.44. The predicted octanol–water partition coefficient (Wildman–Crippen LogP) is 3.69. The lowest BCUT2D eigenvalue weighted by molar-refractivity contribution is -0.131. The predicted molar refractivity (Wildman–Crippen MR) is 132 cm³/mol. The summed E-state index contributed by atoms with van der Waals surface area (Å²) in [4.78, 5) is 19.3.